The standard InChI is InChI=1S/C23H23N5O2S/c1-30-19-5-3-2-4-16(19)13-28-14-25-22-21(23(28)29)18-7-6-17(10-20(18)31-22)24-11-15-8-9-26-27-12-15/h2-5,8-9,12,14,17,24H,6-7,10-11,13H2,1H3. The smallest absolute Gasteiger partial charge is 0.262 e. The lowest BCUT2D eigenvalue weighted by molar-refractivity contribution is 0.408. The topological polar surface area (TPSA) is 81.9 Å². The van der Waals surface area contributed by atoms with Gasteiger partial charge in [-0.05, 0) is 42.5 Å². The van der Waals surface area contributed by atoms with Crippen LogP contribution < -0.4 is 15.6 Å². The molecule has 0 radical (unpaired) electrons. The van der Waals surface area contributed by atoms with Gasteiger partial charge in [-0.1, -0.05) is 18.2 Å². The van der Waals surface area contributed by atoms with E-state index in [4.69, 9.17) is 4.74 Å². The van der Waals surface area contributed by atoms with Crippen LogP contribution in [-0.2, 0) is 25.9 Å². The van der Waals surface area contributed by atoms with Crippen LogP contribution in [0.15, 0.2) is 53.8 Å². The summed E-state index contributed by atoms with van der Waals surface area (Å²) in [6, 6.07) is 10.1. The van der Waals surface area contributed by atoms with Crippen LogP contribution in [0.3, 0.4) is 0 Å². The van der Waals surface area contributed by atoms with Crippen LogP contribution in [0.5, 0.6) is 5.75 Å². The van der Waals surface area contributed by atoms with Gasteiger partial charge in [0, 0.05) is 29.2 Å². The first kappa shape index (κ1) is 19.8. The lowest BCUT2D eigenvalue weighted by Crippen LogP contribution is -2.33. The number of ether oxygens (including phenoxy) is 1. The van der Waals surface area contributed by atoms with Gasteiger partial charge in [0.2, 0.25) is 0 Å². The SMILES string of the molecule is COc1ccccc1Cn1cnc2sc3c(c2c1=O)CCC(NCc1ccnnc1)C3. The van der Waals surface area contributed by atoms with Gasteiger partial charge in [0.25, 0.3) is 5.56 Å². The number of nitrogens with zero attached hydrogens (tertiary/aromatic N) is 4. The monoisotopic (exact) mass is 433 g/mol. The fraction of sp³-hybridized carbons (Fsp3) is 0.304. The number of hydrogen-bond acceptors (Lipinski definition) is 7. The van der Waals surface area contributed by atoms with E-state index < -0.39 is 0 Å². The van der Waals surface area contributed by atoms with E-state index >= 15 is 0 Å². The molecule has 158 valence electrons. The molecule has 4 aromatic rings. The van der Waals surface area contributed by atoms with Crippen molar-refractivity contribution in [1.82, 2.24) is 25.1 Å². The molecule has 0 saturated carbocycles. The molecular weight excluding hydrogens is 410 g/mol. The Morgan fingerprint density at radius 3 is 3.00 bits per heavy atom. The molecule has 1 atom stereocenters. The zero-order chi connectivity index (χ0) is 21.2. The van der Waals surface area contributed by atoms with E-state index in [0.717, 1.165) is 52.9 Å². The summed E-state index contributed by atoms with van der Waals surface area (Å²) < 4.78 is 7.13. The molecule has 0 aliphatic heterocycles. The minimum absolute atomic E-state index is 0.0303. The van der Waals surface area contributed by atoms with E-state index in [1.165, 1.54) is 10.4 Å². The molecule has 3 aromatic heterocycles. The summed E-state index contributed by atoms with van der Waals surface area (Å²) in [5, 5.41) is 12.2. The Morgan fingerprint density at radius 1 is 1.26 bits per heavy atom. The molecule has 1 N–H and O–H groups in total. The number of thiophene rings is 1. The van der Waals surface area contributed by atoms with E-state index in [-0.39, 0.29) is 5.56 Å². The first-order valence-electron chi connectivity index (χ1n) is 10.3. The summed E-state index contributed by atoms with van der Waals surface area (Å²) >= 11 is 1.65. The van der Waals surface area contributed by atoms with Gasteiger partial charge >= 0.3 is 0 Å². The number of hydrogen-bond donors (Lipinski definition) is 1. The molecule has 0 fully saturated rings. The molecule has 3 heterocycles. The Bertz CT molecular complexity index is 1270. The lowest BCUT2D eigenvalue weighted by Gasteiger charge is -2.23. The van der Waals surface area contributed by atoms with Crippen molar-refractivity contribution in [1.29, 1.82) is 0 Å². The summed E-state index contributed by atoms with van der Waals surface area (Å²) in [7, 11) is 1.65. The van der Waals surface area contributed by atoms with E-state index in [9.17, 15) is 4.79 Å². The number of aromatic nitrogens is 4. The molecule has 1 aliphatic carbocycles. The van der Waals surface area contributed by atoms with Gasteiger partial charge in [0.05, 0.1) is 31.6 Å². The van der Waals surface area contributed by atoms with Crippen molar-refractivity contribution in [3.63, 3.8) is 0 Å². The van der Waals surface area contributed by atoms with Gasteiger partial charge in [-0.15, -0.1) is 11.3 Å². The highest BCUT2D eigenvalue weighted by Crippen LogP contribution is 2.34. The third-order valence-corrected chi connectivity index (χ3v) is 6.97. The highest BCUT2D eigenvalue weighted by molar-refractivity contribution is 7.18. The Hall–Kier alpha value is -3.10. The molecule has 0 amide bonds. The van der Waals surface area contributed by atoms with Crippen LogP contribution >= 0.6 is 11.3 Å². The van der Waals surface area contributed by atoms with Crippen molar-refractivity contribution in [3.05, 3.63) is 81.0 Å². The van der Waals surface area contributed by atoms with E-state index in [0.29, 0.717) is 12.6 Å². The quantitative estimate of drug-likeness (QED) is 0.504. The average Bonchev–Trinajstić information content (AvgIpc) is 3.19. The third-order valence-electron chi connectivity index (χ3n) is 5.81. The van der Waals surface area contributed by atoms with Crippen molar-refractivity contribution in [2.45, 2.75) is 38.4 Å². The zero-order valence-corrected chi connectivity index (χ0v) is 18.1. The fourth-order valence-corrected chi connectivity index (χ4v) is 5.45. The van der Waals surface area contributed by atoms with Gasteiger partial charge in [-0.2, -0.15) is 10.2 Å². The molecule has 1 aliphatic rings. The van der Waals surface area contributed by atoms with E-state index in [2.05, 4.69) is 20.5 Å². The minimum atomic E-state index is 0.0303. The normalized spacial score (nSPS) is 15.7. The largest absolute Gasteiger partial charge is 0.496 e. The van der Waals surface area contributed by atoms with Crippen molar-refractivity contribution >= 4 is 21.6 Å². The summed E-state index contributed by atoms with van der Waals surface area (Å²) in [5.74, 6) is 0.778. The predicted molar refractivity (Wildman–Crippen MR) is 121 cm³/mol. The van der Waals surface area contributed by atoms with Crippen LogP contribution in [0.25, 0.3) is 10.2 Å². The maximum absolute atomic E-state index is 13.3. The molecular formula is C23H23N5O2S. The summed E-state index contributed by atoms with van der Waals surface area (Å²) in [6.45, 7) is 1.21. The highest BCUT2D eigenvalue weighted by Gasteiger charge is 2.25. The molecule has 8 heteroatoms. The molecule has 1 aromatic carbocycles. The molecule has 5 rings (SSSR count). The van der Waals surface area contributed by atoms with Crippen molar-refractivity contribution < 1.29 is 4.74 Å². The first-order valence-corrected chi connectivity index (χ1v) is 11.1. The van der Waals surface area contributed by atoms with Gasteiger partial charge in [-0.25, -0.2) is 4.98 Å². The molecule has 0 bridgehead atoms. The van der Waals surface area contributed by atoms with E-state index in [1.54, 1.807) is 41.7 Å². The second kappa shape index (κ2) is 8.56. The number of para-hydroxylation sites is 1. The zero-order valence-electron chi connectivity index (χ0n) is 17.2. The molecule has 0 spiro atoms. The first-order chi connectivity index (χ1) is 15.2. The number of benzene rings is 1. The number of methoxy groups -OCH3 is 1. The van der Waals surface area contributed by atoms with E-state index in [1.807, 2.05) is 30.3 Å². The molecule has 0 saturated heterocycles. The maximum Gasteiger partial charge on any atom is 0.262 e. The van der Waals surface area contributed by atoms with Crippen molar-refractivity contribution in [2.24, 2.45) is 0 Å². The average molecular weight is 434 g/mol. The van der Waals surface area contributed by atoms with Gasteiger partial charge in [0.15, 0.2) is 0 Å². The Labute approximate surface area is 183 Å². The van der Waals surface area contributed by atoms with Crippen LogP contribution in [0, 0.1) is 0 Å². The molecule has 31 heavy (non-hydrogen) atoms. The van der Waals surface area contributed by atoms with Crippen LogP contribution in [0.1, 0.15) is 28.0 Å². The Balaban J connectivity index is 1.39. The van der Waals surface area contributed by atoms with Gasteiger partial charge in [0.1, 0.15) is 10.6 Å². The number of aryl methyl sites for hydroxylation is 1. The fourth-order valence-electron chi connectivity index (χ4n) is 4.19. The maximum atomic E-state index is 13.3. The van der Waals surface area contributed by atoms with Crippen LogP contribution in [0.4, 0.5) is 0 Å². The number of rotatable bonds is 6. The second-order valence-electron chi connectivity index (χ2n) is 7.74. The minimum Gasteiger partial charge on any atom is -0.496 e. The third kappa shape index (κ3) is 3.96. The van der Waals surface area contributed by atoms with Gasteiger partial charge in [-0.3, -0.25) is 9.36 Å². The molecule has 1 unspecified atom stereocenters. The van der Waals surface area contributed by atoms with Crippen LogP contribution in [-0.4, -0.2) is 32.9 Å². The van der Waals surface area contributed by atoms with Crippen molar-refractivity contribution in [3.8, 4) is 5.75 Å². The lowest BCUT2D eigenvalue weighted by atomic mass is 9.93. The Morgan fingerprint density at radius 2 is 2.16 bits per heavy atom. The Kier molecular flexibility index (Phi) is 5.48. The number of nitrogens with one attached hydrogen (secondary N) is 1. The highest BCUT2D eigenvalue weighted by atomic mass is 32.1. The number of fused-ring (bicyclic) bond motifs is 3. The molecule has 7 nitrogen and oxygen atoms in total. The van der Waals surface area contributed by atoms with Gasteiger partial charge < -0.3 is 10.1 Å². The second-order valence-corrected chi connectivity index (χ2v) is 8.83. The van der Waals surface area contributed by atoms with Crippen LogP contribution in [0.2, 0.25) is 0 Å². The summed E-state index contributed by atoms with van der Waals surface area (Å²) in [4.78, 5) is 20.0. The summed E-state index contributed by atoms with van der Waals surface area (Å²) in [6.07, 6.45) is 7.96. The predicted octanol–water partition coefficient (Wildman–Crippen LogP) is 2.95. The van der Waals surface area contributed by atoms with Crippen molar-refractivity contribution in [2.75, 3.05) is 7.11 Å². The summed E-state index contributed by atoms with van der Waals surface area (Å²) in [5.41, 5.74) is 3.29.